The smallest absolute Gasteiger partial charge is 0.183 e. The first kappa shape index (κ1) is 10.2. The highest BCUT2D eigenvalue weighted by molar-refractivity contribution is 7.80. The standard InChI is InChI=1S/C6H14O3S/c1-7-5(4-10)6(8-2)9-3/h5-6,10H,4H2,1-3H3. The summed E-state index contributed by atoms with van der Waals surface area (Å²) in [5.41, 5.74) is 0. The maximum absolute atomic E-state index is 5.02. The van der Waals surface area contributed by atoms with Crippen molar-refractivity contribution in [1.82, 2.24) is 0 Å². The fraction of sp³-hybridized carbons (Fsp3) is 1.00. The van der Waals surface area contributed by atoms with Gasteiger partial charge >= 0.3 is 0 Å². The molecule has 0 aromatic rings. The van der Waals surface area contributed by atoms with Crippen LogP contribution in [0, 0.1) is 0 Å². The van der Waals surface area contributed by atoms with Crippen LogP contribution in [0.5, 0.6) is 0 Å². The first-order valence-corrected chi connectivity index (χ1v) is 3.62. The lowest BCUT2D eigenvalue weighted by Gasteiger charge is -2.21. The lowest BCUT2D eigenvalue weighted by Crippen LogP contribution is -2.32. The van der Waals surface area contributed by atoms with Gasteiger partial charge < -0.3 is 14.2 Å². The van der Waals surface area contributed by atoms with Gasteiger partial charge in [0, 0.05) is 27.1 Å². The van der Waals surface area contributed by atoms with Crippen LogP contribution in [0.1, 0.15) is 0 Å². The van der Waals surface area contributed by atoms with Crippen LogP contribution in [-0.2, 0) is 14.2 Å². The van der Waals surface area contributed by atoms with Crippen LogP contribution in [-0.4, -0.2) is 39.5 Å². The molecule has 0 aromatic carbocycles. The van der Waals surface area contributed by atoms with E-state index in [0.29, 0.717) is 5.75 Å². The summed E-state index contributed by atoms with van der Waals surface area (Å²) in [6.45, 7) is 0. The number of hydrogen-bond donors (Lipinski definition) is 1. The van der Waals surface area contributed by atoms with Crippen molar-refractivity contribution >= 4 is 12.6 Å². The lowest BCUT2D eigenvalue weighted by molar-refractivity contribution is -0.165. The van der Waals surface area contributed by atoms with E-state index >= 15 is 0 Å². The van der Waals surface area contributed by atoms with Crippen molar-refractivity contribution < 1.29 is 14.2 Å². The molecular weight excluding hydrogens is 152 g/mol. The summed E-state index contributed by atoms with van der Waals surface area (Å²) in [7, 11) is 4.75. The summed E-state index contributed by atoms with van der Waals surface area (Å²) in [4.78, 5) is 0. The molecule has 0 amide bonds. The highest BCUT2D eigenvalue weighted by atomic mass is 32.1. The SMILES string of the molecule is COC(CS)C(OC)OC. The Balaban J connectivity index is 3.70. The molecule has 3 nitrogen and oxygen atoms in total. The number of rotatable bonds is 5. The molecule has 0 bridgehead atoms. The van der Waals surface area contributed by atoms with E-state index in [2.05, 4.69) is 12.6 Å². The predicted octanol–water partition coefficient (Wildman–Crippen LogP) is 0.550. The zero-order chi connectivity index (χ0) is 7.98. The van der Waals surface area contributed by atoms with Gasteiger partial charge in [0.1, 0.15) is 6.10 Å². The Kier molecular flexibility index (Phi) is 6.11. The van der Waals surface area contributed by atoms with Gasteiger partial charge in [0.2, 0.25) is 0 Å². The van der Waals surface area contributed by atoms with Crippen molar-refractivity contribution in [3.63, 3.8) is 0 Å². The van der Waals surface area contributed by atoms with Gasteiger partial charge in [-0.2, -0.15) is 12.6 Å². The zero-order valence-electron chi connectivity index (χ0n) is 6.53. The van der Waals surface area contributed by atoms with Crippen molar-refractivity contribution in [2.75, 3.05) is 27.1 Å². The van der Waals surface area contributed by atoms with Gasteiger partial charge in [0.15, 0.2) is 6.29 Å². The van der Waals surface area contributed by atoms with E-state index in [-0.39, 0.29) is 12.4 Å². The molecule has 1 unspecified atom stereocenters. The van der Waals surface area contributed by atoms with E-state index in [1.807, 2.05) is 0 Å². The highest BCUT2D eigenvalue weighted by Crippen LogP contribution is 2.04. The average Bonchev–Trinajstić information content (AvgIpc) is 2.00. The largest absolute Gasteiger partial charge is 0.375 e. The molecule has 62 valence electrons. The molecule has 0 rings (SSSR count). The maximum atomic E-state index is 5.02. The van der Waals surface area contributed by atoms with Gasteiger partial charge in [-0.15, -0.1) is 0 Å². The molecule has 0 aromatic heterocycles. The maximum Gasteiger partial charge on any atom is 0.183 e. The Morgan fingerprint density at radius 2 is 1.60 bits per heavy atom. The first-order chi connectivity index (χ1) is 4.79. The third kappa shape index (κ3) is 2.88. The highest BCUT2D eigenvalue weighted by Gasteiger charge is 2.17. The normalized spacial score (nSPS) is 14.1. The van der Waals surface area contributed by atoms with E-state index in [9.17, 15) is 0 Å². The third-order valence-corrected chi connectivity index (χ3v) is 1.61. The predicted molar refractivity (Wildman–Crippen MR) is 42.5 cm³/mol. The van der Waals surface area contributed by atoms with Crippen LogP contribution in [0.25, 0.3) is 0 Å². The van der Waals surface area contributed by atoms with E-state index in [0.717, 1.165) is 0 Å². The minimum absolute atomic E-state index is 0.0988. The molecule has 0 aliphatic carbocycles. The molecule has 0 spiro atoms. The van der Waals surface area contributed by atoms with Crippen molar-refractivity contribution in [2.45, 2.75) is 12.4 Å². The van der Waals surface area contributed by atoms with E-state index in [4.69, 9.17) is 14.2 Å². The Hall–Kier alpha value is 0.230. The summed E-state index contributed by atoms with van der Waals surface area (Å²) in [5, 5.41) is 0. The fourth-order valence-electron chi connectivity index (χ4n) is 0.671. The van der Waals surface area contributed by atoms with E-state index in [1.165, 1.54) is 0 Å². The molecule has 0 saturated heterocycles. The molecule has 4 heteroatoms. The van der Waals surface area contributed by atoms with Crippen LogP contribution in [0.3, 0.4) is 0 Å². The molecule has 0 saturated carbocycles. The van der Waals surface area contributed by atoms with Crippen LogP contribution >= 0.6 is 12.6 Å². The Labute approximate surface area is 67.1 Å². The van der Waals surface area contributed by atoms with E-state index in [1.54, 1.807) is 21.3 Å². The fourth-order valence-corrected chi connectivity index (χ4v) is 0.993. The summed E-state index contributed by atoms with van der Waals surface area (Å²) < 4.78 is 14.9. The van der Waals surface area contributed by atoms with Crippen molar-refractivity contribution in [2.24, 2.45) is 0 Å². The average molecular weight is 166 g/mol. The van der Waals surface area contributed by atoms with Crippen LogP contribution in [0.2, 0.25) is 0 Å². The molecule has 1 atom stereocenters. The summed E-state index contributed by atoms with van der Waals surface area (Å²) in [5.74, 6) is 0.586. The Morgan fingerprint density at radius 1 is 1.10 bits per heavy atom. The zero-order valence-corrected chi connectivity index (χ0v) is 7.43. The van der Waals surface area contributed by atoms with Crippen LogP contribution < -0.4 is 0 Å². The van der Waals surface area contributed by atoms with Gasteiger partial charge in [-0.1, -0.05) is 0 Å². The first-order valence-electron chi connectivity index (χ1n) is 2.99. The summed E-state index contributed by atoms with van der Waals surface area (Å²) in [6, 6.07) is 0. The minimum atomic E-state index is -0.317. The van der Waals surface area contributed by atoms with Gasteiger partial charge in [-0.25, -0.2) is 0 Å². The van der Waals surface area contributed by atoms with Gasteiger partial charge in [0.05, 0.1) is 0 Å². The number of ether oxygens (including phenoxy) is 3. The second-order valence-corrected chi connectivity index (χ2v) is 2.16. The number of hydrogen-bond acceptors (Lipinski definition) is 4. The van der Waals surface area contributed by atoms with Crippen LogP contribution in [0.4, 0.5) is 0 Å². The number of methoxy groups -OCH3 is 3. The number of thiol groups is 1. The summed E-state index contributed by atoms with van der Waals surface area (Å²) in [6.07, 6.45) is -0.416. The van der Waals surface area contributed by atoms with Gasteiger partial charge in [0.25, 0.3) is 0 Å². The molecular formula is C6H14O3S. The van der Waals surface area contributed by atoms with Crippen molar-refractivity contribution in [3.8, 4) is 0 Å². The molecule has 10 heavy (non-hydrogen) atoms. The van der Waals surface area contributed by atoms with Crippen molar-refractivity contribution in [3.05, 3.63) is 0 Å². The van der Waals surface area contributed by atoms with Gasteiger partial charge in [-0.05, 0) is 0 Å². The van der Waals surface area contributed by atoms with Crippen molar-refractivity contribution in [1.29, 1.82) is 0 Å². The van der Waals surface area contributed by atoms with E-state index < -0.39 is 0 Å². The molecule has 0 aliphatic rings. The molecule has 0 fully saturated rings. The lowest BCUT2D eigenvalue weighted by atomic mass is 10.4. The monoisotopic (exact) mass is 166 g/mol. The minimum Gasteiger partial charge on any atom is -0.375 e. The molecule has 0 N–H and O–H groups in total. The van der Waals surface area contributed by atoms with Crippen LogP contribution in [0.15, 0.2) is 0 Å². The Bertz CT molecular complexity index is 61.4. The molecule has 0 radical (unpaired) electrons. The second kappa shape index (κ2) is 5.97. The third-order valence-electron chi connectivity index (χ3n) is 1.25. The molecule has 0 heterocycles. The molecule has 0 aliphatic heterocycles. The second-order valence-electron chi connectivity index (χ2n) is 1.80. The topological polar surface area (TPSA) is 27.7 Å². The summed E-state index contributed by atoms with van der Waals surface area (Å²) >= 11 is 4.06. The quantitative estimate of drug-likeness (QED) is 0.477. The van der Waals surface area contributed by atoms with Gasteiger partial charge in [-0.3, -0.25) is 0 Å². The Morgan fingerprint density at radius 3 is 1.70 bits per heavy atom.